The molecular formula is C16H17BrN2O2. The van der Waals surface area contributed by atoms with Gasteiger partial charge < -0.3 is 15.8 Å². The highest BCUT2D eigenvalue weighted by atomic mass is 79.9. The van der Waals surface area contributed by atoms with Crippen molar-refractivity contribution >= 4 is 33.2 Å². The summed E-state index contributed by atoms with van der Waals surface area (Å²) >= 11 is 3.42. The van der Waals surface area contributed by atoms with Gasteiger partial charge in [-0.05, 0) is 61.4 Å². The average Bonchev–Trinajstić information content (AvgIpc) is 2.43. The Hall–Kier alpha value is -2.01. The van der Waals surface area contributed by atoms with E-state index in [1.54, 1.807) is 12.1 Å². The summed E-state index contributed by atoms with van der Waals surface area (Å²) in [7, 11) is 0. The molecule has 2 rings (SSSR count). The molecule has 21 heavy (non-hydrogen) atoms. The number of benzene rings is 2. The summed E-state index contributed by atoms with van der Waals surface area (Å²) in [6.07, 6.45) is 0. The van der Waals surface area contributed by atoms with Crippen LogP contribution in [0.3, 0.4) is 0 Å². The van der Waals surface area contributed by atoms with E-state index in [-0.39, 0.29) is 12.5 Å². The number of anilines is 2. The lowest BCUT2D eigenvalue weighted by atomic mass is 10.2. The van der Waals surface area contributed by atoms with E-state index in [2.05, 4.69) is 21.2 Å². The Bertz CT molecular complexity index is 671. The summed E-state index contributed by atoms with van der Waals surface area (Å²) < 4.78 is 6.49. The summed E-state index contributed by atoms with van der Waals surface area (Å²) in [4.78, 5) is 11.9. The van der Waals surface area contributed by atoms with E-state index in [0.29, 0.717) is 11.4 Å². The van der Waals surface area contributed by atoms with Crippen LogP contribution in [-0.2, 0) is 4.79 Å². The van der Waals surface area contributed by atoms with Crippen LogP contribution in [0, 0.1) is 13.8 Å². The van der Waals surface area contributed by atoms with Crippen LogP contribution in [0.2, 0.25) is 0 Å². The second-order valence-electron chi connectivity index (χ2n) is 4.82. The first-order valence-electron chi connectivity index (χ1n) is 6.50. The van der Waals surface area contributed by atoms with Crippen molar-refractivity contribution in [2.75, 3.05) is 17.7 Å². The van der Waals surface area contributed by atoms with Crippen molar-refractivity contribution in [3.05, 3.63) is 52.0 Å². The maximum Gasteiger partial charge on any atom is 0.262 e. The van der Waals surface area contributed by atoms with Crippen LogP contribution in [0.5, 0.6) is 5.75 Å². The van der Waals surface area contributed by atoms with Crippen LogP contribution in [0.4, 0.5) is 11.4 Å². The van der Waals surface area contributed by atoms with Gasteiger partial charge in [-0.1, -0.05) is 15.9 Å². The quantitative estimate of drug-likeness (QED) is 0.828. The maximum absolute atomic E-state index is 11.9. The fourth-order valence-electron chi connectivity index (χ4n) is 1.87. The van der Waals surface area contributed by atoms with Crippen molar-refractivity contribution in [2.24, 2.45) is 0 Å². The largest absolute Gasteiger partial charge is 0.484 e. The monoisotopic (exact) mass is 348 g/mol. The molecule has 0 spiro atoms. The number of nitrogens with two attached hydrogens (primary N) is 1. The lowest BCUT2D eigenvalue weighted by Gasteiger charge is -2.10. The number of halogens is 1. The van der Waals surface area contributed by atoms with Gasteiger partial charge in [0, 0.05) is 15.8 Å². The van der Waals surface area contributed by atoms with Gasteiger partial charge in [-0.15, -0.1) is 0 Å². The molecule has 0 saturated carbocycles. The second-order valence-corrected chi connectivity index (χ2v) is 5.68. The van der Waals surface area contributed by atoms with E-state index in [4.69, 9.17) is 10.5 Å². The molecule has 0 heterocycles. The van der Waals surface area contributed by atoms with Crippen molar-refractivity contribution in [2.45, 2.75) is 13.8 Å². The van der Waals surface area contributed by atoms with Gasteiger partial charge in [-0.3, -0.25) is 4.79 Å². The predicted molar refractivity (Wildman–Crippen MR) is 88.6 cm³/mol. The zero-order chi connectivity index (χ0) is 15.4. The minimum Gasteiger partial charge on any atom is -0.484 e. The predicted octanol–water partition coefficient (Wildman–Crippen LogP) is 3.67. The highest BCUT2D eigenvalue weighted by Gasteiger charge is 2.06. The Labute approximate surface area is 132 Å². The van der Waals surface area contributed by atoms with E-state index in [1.807, 2.05) is 38.1 Å². The minimum atomic E-state index is -0.205. The molecule has 5 heteroatoms. The molecule has 0 unspecified atom stereocenters. The average molecular weight is 349 g/mol. The number of carbonyl (C=O) groups excluding carboxylic acids is 1. The molecule has 2 aromatic rings. The standard InChI is InChI=1S/C16H17BrN2O2/c1-10-8-13(4-5-14(10)17)21-9-16(20)19-15-6-3-12(18)7-11(15)2/h3-8H,9,18H2,1-2H3,(H,19,20). The van der Waals surface area contributed by atoms with Crippen molar-refractivity contribution < 1.29 is 9.53 Å². The molecule has 110 valence electrons. The Morgan fingerprint density at radius 3 is 2.62 bits per heavy atom. The molecule has 2 aromatic carbocycles. The van der Waals surface area contributed by atoms with Crippen LogP contribution < -0.4 is 15.8 Å². The van der Waals surface area contributed by atoms with Crippen LogP contribution in [0.25, 0.3) is 0 Å². The molecule has 0 fully saturated rings. The molecule has 3 N–H and O–H groups in total. The van der Waals surface area contributed by atoms with E-state index in [9.17, 15) is 4.79 Å². The van der Waals surface area contributed by atoms with Gasteiger partial charge in [-0.2, -0.15) is 0 Å². The Morgan fingerprint density at radius 1 is 1.19 bits per heavy atom. The highest BCUT2D eigenvalue weighted by molar-refractivity contribution is 9.10. The summed E-state index contributed by atoms with van der Waals surface area (Å²) in [5.41, 5.74) is 9.07. The Kier molecular flexibility index (Phi) is 4.85. The second kappa shape index (κ2) is 6.63. The number of nitrogens with one attached hydrogen (secondary N) is 1. The maximum atomic E-state index is 11.9. The van der Waals surface area contributed by atoms with Gasteiger partial charge in [0.1, 0.15) is 5.75 Å². The summed E-state index contributed by atoms with van der Waals surface area (Å²) in [6.45, 7) is 3.82. The normalized spacial score (nSPS) is 10.2. The molecule has 0 atom stereocenters. The summed E-state index contributed by atoms with van der Waals surface area (Å²) in [5, 5.41) is 2.80. The van der Waals surface area contributed by atoms with Gasteiger partial charge in [0.15, 0.2) is 6.61 Å². The van der Waals surface area contributed by atoms with Crippen LogP contribution in [-0.4, -0.2) is 12.5 Å². The van der Waals surface area contributed by atoms with Gasteiger partial charge >= 0.3 is 0 Å². The molecule has 4 nitrogen and oxygen atoms in total. The Balaban J connectivity index is 1.94. The van der Waals surface area contributed by atoms with Crippen molar-refractivity contribution in [1.29, 1.82) is 0 Å². The topological polar surface area (TPSA) is 64.3 Å². The number of rotatable bonds is 4. The zero-order valence-corrected chi connectivity index (χ0v) is 13.5. The molecule has 0 radical (unpaired) electrons. The van der Waals surface area contributed by atoms with Crippen molar-refractivity contribution in [3.63, 3.8) is 0 Å². The molecule has 0 bridgehead atoms. The lowest BCUT2D eigenvalue weighted by molar-refractivity contribution is -0.118. The number of hydrogen-bond acceptors (Lipinski definition) is 3. The number of hydrogen-bond donors (Lipinski definition) is 2. The number of aryl methyl sites for hydroxylation is 2. The fraction of sp³-hybridized carbons (Fsp3) is 0.188. The van der Waals surface area contributed by atoms with E-state index in [0.717, 1.165) is 21.3 Å². The summed E-state index contributed by atoms with van der Waals surface area (Å²) in [6, 6.07) is 10.9. The SMILES string of the molecule is Cc1cc(OCC(=O)Nc2ccc(N)cc2C)ccc1Br. The number of carbonyl (C=O) groups is 1. The van der Waals surface area contributed by atoms with Gasteiger partial charge in [-0.25, -0.2) is 0 Å². The number of ether oxygens (including phenoxy) is 1. The van der Waals surface area contributed by atoms with Crippen LogP contribution in [0.15, 0.2) is 40.9 Å². The van der Waals surface area contributed by atoms with Crippen LogP contribution in [0.1, 0.15) is 11.1 Å². The number of nitrogen functional groups attached to an aromatic ring is 1. The van der Waals surface area contributed by atoms with Gasteiger partial charge in [0.25, 0.3) is 5.91 Å². The Morgan fingerprint density at radius 2 is 1.95 bits per heavy atom. The lowest BCUT2D eigenvalue weighted by Crippen LogP contribution is -2.20. The molecule has 0 aliphatic rings. The third kappa shape index (κ3) is 4.23. The molecular weight excluding hydrogens is 332 g/mol. The van der Waals surface area contributed by atoms with Gasteiger partial charge in [0.05, 0.1) is 0 Å². The number of amides is 1. The van der Waals surface area contributed by atoms with Crippen LogP contribution >= 0.6 is 15.9 Å². The van der Waals surface area contributed by atoms with E-state index in [1.165, 1.54) is 0 Å². The third-order valence-electron chi connectivity index (χ3n) is 3.02. The van der Waals surface area contributed by atoms with E-state index < -0.39 is 0 Å². The highest BCUT2D eigenvalue weighted by Crippen LogP contribution is 2.22. The molecule has 0 aliphatic heterocycles. The molecule has 0 aliphatic carbocycles. The first kappa shape index (κ1) is 15.4. The third-order valence-corrected chi connectivity index (χ3v) is 3.91. The molecule has 0 aromatic heterocycles. The molecule has 0 saturated heterocycles. The first-order valence-corrected chi connectivity index (χ1v) is 7.30. The fourth-order valence-corrected chi connectivity index (χ4v) is 2.12. The van der Waals surface area contributed by atoms with Gasteiger partial charge in [0.2, 0.25) is 0 Å². The van der Waals surface area contributed by atoms with E-state index >= 15 is 0 Å². The first-order chi connectivity index (χ1) is 9.95. The zero-order valence-electron chi connectivity index (χ0n) is 11.9. The summed E-state index contributed by atoms with van der Waals surface area (Å²) in [5.74, 6) is 0.461. The minimum absolute atomic E-state index is 0.0368. The van der Waals surface area contributed by atoms with Crippen molar-refractivity contribution in [3.8, 4) is 5.75 Å². The smallest absolute Gasteiger partial charge is 0.262 e. The molecule has 1 amide bonds. The van der Waals surface area contributed by atoms with Crippen molar-refractivity contribution in [1.82, 2.24) is 0 Å².